The zero-order valence-corrected chi connectivity index (χ0v) is 17.4. The molecular weight excluding hydrogens is 396 g/mol. The lowest BCUT2D eigenvalue weighted by Crippen LogP contribution is -2.39. The molecule has 2 amide bonds. The van der Waals surface area contributed by atoms with E-state index in [1.54, 1.807) is 7.11 Å². The van der Waals surface area contributed by atoms with Gasteiger partial charge in [-0.25, -0.2) is 0 Å². The number of nitrogens with one attached hydrogen (secondary N) is 3. The van der Waals surface area contributed by atoms with E-state index >= 15 is 0 Å². The van der Waals surface area contributed by atoms with Crippen LogP contribution in [0.4, 0.5) is 17.1 Å². The molecule has 2 unspecified atom stereocenters. The van der Waals surface area contributed by atoms with Crippen LogP contribution in [0.15, 0.2) is 42.5 Å². The molecule has 31 heavy (non-hydrogen) atoms. The second-order valence-electron chi connectivity index (χ2n) is 8.18. The van der Waals surface area contributed by atoms with Gasteiger partial charge in [-0.2, -0.15) is 0 Å². The van der Waals surface area contributed by atoms with Crippen LogP contribution in [0.1, 0.15) is 12.0 Å². The molecule has 8 heteroatoms. The van der Waals surface area contributed by atoms with Crippen molar-refractivity contribution in [2.75, 3.05) is 55.5 Å². The predicted molar refractivity (Wildman–Crippen MR) is 118 cm³/mol. The third-order valence-corrected chi connectivity index (χ3v) is 6.45. The van der Waals surface area contributed by atoms with Gasteiger partial charge in [0.1, 0.15) is 11.8 Å². The fourth-order valence-corrected chi connectivity index (χ4v) is 4.75. The molecule has 0 aliphatic carbocycles. The van der Waals surface area contributed by atoms with Crippen LogP contribution in [0.2, 0.25) is 0 Å². The van der Waals surface area contributed by atoms with Crippen molar-refractivity contribution in [2.45, 2.75) is 17.9 Å². The van der Waals surface area contributed by atoms with Gasteiger partial charge in [0.2, 0.25) is 11.8 Å². The standard InChI is InChI=1S/C23H26N4O4/c1-30-20-12-15(27-8-10-31-11-9-27)6-7-18(20)25-21(28)19-13-23(22(29)26-19)14-24-17-5-3-2-4-16(17)23/h2-7,12,19,24H,8-11,13-14H2,1H3,(H,25,28)(H,26,29). The molecule has 1 spiro atoms. The SMILES string of the molecule is COc1cc(N2CCOCC2)ccc1NC(=O)C1CC2(CNc3ccccc32)C(=O)N1. The maximum absolute atomic E-state index is 13.0. The van der Waals surface area contributed by atoms with Gasteiger partial charge in [0, 0.05) is 37.1 Å². The van der Waals surface area contributed by atoms with E-state index in [1.807, 2.05) is 42.5 Å². The third kappa shape index (κ3) is 3.37. The number of carbonyl (C=O) groups excluding carboxylic acids is 2. The minimum atomic E-state index is -0.705. The second-order valence-corrected chi connectivity index (χ2v) is 8.18. The summed E-state index contributed by atoms with van der Waals surface area (Å²) in [6.45, 7) is 3.53. The summed E-state index contributed by atoms with van der Waals surface area (Å²) in [7, 11) is 1.58. The number of fused-ring (bicyclic) bond motifs is 2. The molecule has 0 radical (unpaired) electrons. The van der Waals surface area contributed by atoms with E-state index < -0.39 is 11.5 Å². The summed E-state index contributed by atoms with van der Waals surface area (Å²) < 4.78 is 10.9. The molecule has 2 aromatic carbocycles. The van der Waals surface area contributed by atoms with E-state index in [9.17, 15) is 9.59 Å². The summed E-state index contributed by atoms with van der Waals surface area (Å²) in [5.41, 5.74) is 2.82. The molecule has 3 aliphatic heterocycles. The fraction of sp³-hybridized carbons (Fsp3) is 0.391. The average Bonchev–Trinajstić information content (AvgIpc) is 3.36. The summed E-state index contributed by atoms with van der Waals surface area (Å²) in [6, 6.07) is 12.9. The quantitative estimate of drug-likeness (QED) is 0.695. The number of hydrogen-bond acceptors (Lipinski definition) is 6. The van der Waals surface area contributed by atoms with Gasteiger partial charge < -0.3 is 30.3 Å². The number of carbonyl (C=O) groups is 2. The molecule has 3 N–H and O–H groups in total. The van der Waals surface area contributed by atoms with Crippen molar-refractivity contribution in [3.8, 4) is 5.75 Å². The highest BCUT2D eigenvalue weighted by atomic mass is 16.5. The molecular formula is C23H26N4O4. The van der Waals surface area contributed by atoms with Crippen molar-refractivity contribution in [1.29, 1.82) is 0 Å². The van der Waals surface area contributed by atoms with E-state index in [4.69, 9.17) is 9.47 Å². The lowest BCUT2D eigenvalue weighted by Gasteiger charge is -2.29. The Balaban J connectivity index is 1.32. The van der Waals surface area contributed by atoms with E-state index in [2.05, 4.69) is 20.9 Å². The number of morpholine rings is 1. The van der Waals surface area contributed by atoms with Crippen LogP contribution >= 0.6 is 0 Å². The lowest BCUT2D eigenvalue weighted by molar-refractivity contribution is -0.125. The number of benzene rings is 2. The minimum Gasteiger partial charge on any atom is -0.494 e. The average molecular weight is 422 g/mol. The topological polar surface area (TPSA) is 91.9 Å². The first-order valence-electron chi connectivity index (χ1n) is 10.6. The molecule has 2 atom stereocenters. The van der Waals surface area contributed by atoms with Crippen molar-refractivity contribution in [1.82, 2.24) is 5.32 Å². The molecule has 162 valence electrons. The number of methoxy groups -OCH3 is 1. The third-order valence-electron chi connectivity index (χ3n) is 6.45. The Labute approximate surface area is 180 Å². The van der Waals surface area contributed by atoms with Crippen molar-refractivity contribution >= 4 is 28.9 Å². The van der Waals surface area contributed by atoms with E-state index in [1.165, 1.54) is 0 Å². The summed E-state index contributed by atoms with van der Waals surface area (Å²) >= 11 is 0. The number of amides is 2. The highest BCUT2D eigenvalue weighted by molar-refractivity contribution is 6.04. The van der Waals surface area contributed by atoms with Crippen LogP contribution in [0.25, 0.3) is 0 Å². The first kappa shape index (κ1) is 19.7. The minimum absolute atomic E-state index is 0.111. The molecule has 2 saturated heterocycles. The second kappa shape index (κ2) is 7.77. The number of ether oxygens (including phenoxy) is 2. The maximum Gasteiger partial charge on any atom is 0.247 e. The van der Waals surface area contributed by atoms with Gasteiger partial charge in [-0.05, 0) is 30.2 Å². The summed E-state index contributed by atoms with van der Waals surface area (Å²) in [6.07, 6.45) is 0.413. The fourth-order valence-electron chi connectivity index (χ4n) is 4.75. The molecule has 8 nitrogen and oxygen atoms in total. The Morgan fingerprint density at radius 2 is 2.03 bits per heavy atom. The molecule has 0 bridgehead atoms. The predicted octanol–water partition coefficient (Wildman–Crippen LogP) is 1.72. The number of para-hydroxylation sites is 1. The van der Waals surface area contributed by atoms with Crippen LogP contribution in [0.5, 0.6) is 5.75 Å². The molecule has 0 aromatic heterocycles. The maximum atomic E-state index is 13.0. The Morgan fingerprint density at radius 1 is 1.23 bits per heavy atom. The summed E-state index contributed by atoms with van der Waals surface area (Å²) in [5.74, 6) is 0.232. The molecule has 5 rings (SSSR count). The van der Waals surface area contributed by atoms with Gasteiger partial charge in [0.05, 0.1) is 31.4 Å². The van der Waals surface area contributed by atoms with Crippen molar-refractivity contribution in [2.24, 2.45) is 0 Å². The summed E-state index contributed by atoms with van der Waals surface area (Å²) in [4.78, 5) is 28.2. The number of anilines is 3. The molecule has 0 saturated carbocycles. The van der Waals surface area contributed by atoms with Crippen molar-refractivity contribution in [3.63, 3.8) is 0 Å². The zero-order valence-electron chi connectivity index (χ0n) is 17.4. The highest BCUT2D eigenvalue weighted by Crippen LogP contribution is 2.43. The Hall–Kier alpha value is -3.26. The van der Waals surface area contributed by atoms with Gasteiger partial charge in [-0.3, -0.25) is 9.59 Å². The van der Waals surface area contributed by atoms with Gasteiger partial charge >= 0.3 is 0 Å². The van der Waals surface area contributed by atoms with Crippen LogP contribution in [0, 0.1) is 0 Å². The summed E-state index contributed by atoms with van der Waals surface area (Å²) in [5, 5.41) is 9.14. The Morgan fingerprint density at radius 3 is 2.84 bits per heavy atom. The first-order chi connectivity index (χ1) is 15.1. The van der Waals surface area contributed by atoms with Gasteiger partial charge in [0.25, 0.3) is 0 Å². The monoisotopic (exact) mass is 422 g/mol. The van der Waals surface area contributed by atoms with E-state index in [0.29, 0.717) is 37.6 Å². The lowest BCUT2D eigenvalue weighted by atomic mass is 9.79. The van der Waals surface area contributed by atoms with E-state index in [0.717, 1.165) is 30.0 Å². The van der Waals surface area contributed by atoms with Gasteiger partial charge in [0.15, 0.2) is 0 Å². The van der Waals surface area contributed by atoms with E-state index in [-0.39, 0.29) is 11.8 Å². The molecule has 2 aromatic rings. The Bertz CT molecular complexity index is 1020. The number of nitrogens with zero attached hydrogens (tertiary/aromatic N) is 1. The molecule has 3 heterocycles. The van der Waals surface area contributed by atoms with Crippen molar-refractivity contribution < 1.29 is 19.1 Å². The number of hydrogen-bond donors (Lipinski definition) is 3. The normalized spacial score (nSPS) is 24.5. The first-order valence-corrected chi connectivity index (χ1v) is 10.6. The van der Waals surface area contributed by atoms with Crippen LogP contribution in [-0.2, 0) is 19.7 Å². The van der Waals surface area contributed by atoms with Crippen LogP contribution in [-0.4, -0.2) is 57.8 Å². The zero-order chi connectivity index (χ0) is 21.4. The number of rotatable bonds is 4. The molecule has 2 fully saturated rings. The van der Waals surface area contributed by atoms with Gasteiger partial charge in [-0.1, -0.05) is 18.2 Å². The smallest absolute Gasteiger partial charge is 0.247 e. The largest absolute Gasteiger partial charge is 0.494 e. The van der Waals surface area contributed by atoms with Crippen LogP contribution in [0.3, 0.4) is 0 Å². The van der Waals surface area contributed by atoms with Gasteiger partial charge in [-0.15, -0.1) is 0 Å². The molecule has 3 aliphatic rings. The Kier molecular flexibility index (Phi) is 4.94. The van der Waals surface area contributed by atoms with Crippen molar-refractivity contribution in [3.05, 3.63) is 48.0 Å². The highest BCUT2D eigenvalue weighted by Gasteiger charge is 2.53. The van der Waals surface area contributed by atoms with Crippen LogP contribution < -0.4 is 25.6 Å².